The molecule has 1 amide bonds. The normalized spacial score (nSPS) is 15.6. The van der Waals surface area contributed by atoms with Crippen LogP contribution in [0.4, 0.5) is 5.69 Å². The number of likely N-dealkylation sites (tertiary alicyclic amines) is 1. The van der Waals surface area contributed by atoms with Gasteiger partial charge in [0.2, 0.25) is 0 Å². The fourth-order valence-electron chi connectivity index (χ4n) is 3.89. The number of rotatable bonds is 8. The highest BCUT2D eigenvalue weighted by Gasteiger charge is 2.23. The summed E-state index contributed by atoms with van der Waals surface area (Å²) in [7, 11) is -2.23. The largest absolute Gasteiger partial charge is 0.352 e. The fraction of sp³-hybridized carbons (Fsp3) is 0.458. The molecule has 1 fully saturated rings. The van der Waals surface area contributed by atoms with Crippen molar-refractivity contribution in [3.05, 3.63) is 59.7 Å². The Labute approximate surface area is 186 Å². The number of benzene rings is 2. The van der Waals surface area contributed by atoms with Crippen molar-refractivity contribution in [2.75, 3.05) is 37.5 Å². The molecule has 1 heterocycles. The second-order valence-electron chi connectivity index (χ2n) is 8.42. The molecule has 0 spiro atoms. The molecule has 6 nitrogen and oxygen atoms in total. The molecule has 31 heavy (non-hydrogen) atoms. The number of hydrogen-bond acceptors (Lipinski definition) is 4. The van der Waals surface area contributed by atoms with E-state index in [0.29, 0.717) is 17.8 Å². The monoisotopic (exact) mass is 443 g/mol. The Kier molecular flexibility index (Phi) is 7.73. The summed E-state index contributed by atoms with van der Waals surface area (Å²) >= 11 is 0. The van der Waals surface area contributed by atoms with E-state index < -0.39 is 10.0 Å². The quantitative estimate of drug-likeness (QED) is 0.632. The van der Waals surface area contributed by atoms with Gasteiger partial charge in [-0.1, -0.05) is 31.2 Å². The molecule has 0 atom stereocenters. The molecule has 0 saturated carbocycles. The van der Waals surface area contributed by atoms with Crippen molar-refractivity contribution in [2.24, 2.45) is 5.92 Å². The van der Waals surface area contributed by atoms with Crippen molar-refractivity contribution >= 4 is 21.6 Å². The third-order valence-electron chi connectivity index (χ3n) is 6.02. The molecular formula is C24H33N3O3S. The van der Waals surface area contributed by atoms with E-state index in [1.165, 1.54) is 36.3 Å². The van der Waals surface area contributed by atoms with Crippen LogP contribution >= 0.6 is 0 Å². The first-order valence-corrected chi connectivity index (χ1v) is 12.4. The zero-order valence-corrected chi connectivity index (χ0v) is 19.5. The van der Waals surface area contributed by atoms with Gasteiger partial charge in [-0.3, -0.25) is 9.10 Å². The minimum atomic E-state index is -3.77. The smallest absolute Gasteiger partial charge is 0.264 e. The third-order valence-corrected chi connectivity index (χ3v) is 7.79. The third kappa shape index (κ3) is 5.86. The highest BCUT2D eigenvalue weighted by molar-refractivity contribution is 7.92. The predicted molar refractivity (Wildman–Crippen MR) is 125 cm³/mol. The number of carbonyl (C=O) groups excluding carboxylic acids is 1. The average Bonchev–Trinajstić information content (AvgIpc) is 2.77. The van der Waals surface area contributed by atoms with Crippen LogP contribution in [0.3, 0.4) is 0 Å². The molecule has 168 valence electrons. The number of nitrogens with one attached hydrogen (secondary N) is 1. The number of sulfonamides is 1. The lowest BCUT2D eigenvalue weighted by Gasteiger charge is -2.30. The molecule has 2 aromatic rings. The molecule has 0 aromatic heterocycles. The Morgan fingerprint density at radius 3 is 2.55 bits per heavy atom. The first-order chi connectivity index (χ1) is 14.8. The van der Waals surface area contributed by atoms with Gasteiger partial charge in [0.05, 0.1) is 10.6 Å². The summed E-state index contributed by atoms with van der Waals surface area (Å²) < 4.78 is 27.5. The lowest BCUT2D eigenvalue weighted by molar-refractivity contribution is 0.0950. The first kappa shape index (κ1) is 23.3. The van der Waals surface area contributed by atoms with Crippen LogP contribution in [-0.4, -0.2) is 52.5 Å². The number of nitrogens with zero attached hydrogens (tertiary/aromatic N) is 2. The van der Waals surface area contributed by atoms with Gasteiger partial charge in [0.25, 0.3) is 15.9 Å². The van der Waals surface area contributed by atoms with Gasteiger partial charge in [0.15, 0.2) is 0 Å². The Morgan fingerprint density at radius 1 is 1.13 bits per heavy atom. The van der Waals surface area contributed by atoms with E-state index in [-0.39, 0.29) is 10.8 Å². The summed E-state index contributed by atoms with van der Waals surface area (Å²) in [6.45, 7) is 7.97. The summed E-state index contributed by atoms with van der Waals surface area (Å²) in [6.07, 6.45) is 3.36. The SMILES string of the molecule is Cc1ccccc1N(C)S(=O)(=O)c1cccc(C(=O)NCCCN2CCC(C)CC2)c1. The second-order valence-corrected chi connectivity index (χ2v) is 10.4. The van der Waals surface area contributed by atoms with Gasteiger partial charge in [-0.25, -0.2) is 8.42 Å². The number of aryl methyl sites for hydroxylation is 1. The van der Waals surface area contributed by atoms with Crippen molar-refractivity contribution < 1.29 is 13.2 Å². The zero-order valence-electron chi connectivity index (χ0n) is 18.7. The Morgan fingerprint density at radius 2 is 1.84 bits per heavy atom. The van der Waals surface area contributed by atoms with Gasteiger partial charge in [0, 0.05) is 19.2 Å². The average molecular weight is 444 g/mol. The van der Waals surface area contributed by atoms with Crippen LogP contribution in [0.15, 0.2) is 53.4 Å². The molecule has 1 saturated heterocycles. The van der Waals surface area contributed by atoms with Gasteiger partial charge in [-0.15, -0.1) is 0 Å². The molecular weight excluding hydrogens is 410 g/mol. The van der Waals surface area contributed by atoms with E-state index in [4.69, 9.17) is 0 Å². The molecule has 0 bridgehead atoms. The van der Waals surface area contributed by atoms with Crippen molar-refractivity contribution in [3.8, 4) is 0 Å². The summed E-state index contributed by atoms with van der Waals surface area (Å²) in [4.78, 5) is 15.1. The lowest BCUT2D eigenvalue weighted by atomic mass is 9.99. The maximum atomic E-state index is 13.1. The van der Waals surface area contributed by atoms with E-state index in [0.717, 1.165) is 37.5 Å². The molecule has 0 unspecified atom stereocenters. The molecule has 1 aliphatic heterocycles. The van der Waals surface area contributed by atoms with Crippen LogP contribution in [-0.2, 0) is 10.0 Å². The molecule has 0 radical (unpaired) electrons. The zero-order chi connectivity index (χ0) is 22.4. The Balaban J connectivity index is 1.60. The number of piperidine rings is 1. The first-order valence-electron chi connectivity index (χ1n) is 10.9. The molecule has 1 aliphatic rings. The van der Waals surface area contributed by atoms with Crippen LogP contribution < -0.4 is 9.62 Å². The van der Waals surface area contributed by atoms with Crippen molar-refractivity contribution in [2.45, 2.75) is 38.0 Å². The Hall–Kier alpha value is -2.38. The maximum absolute atomic E-state index is 13.1. The molecule has 1 N–H and O–H groups in total. The van der Waals surface area contributed by atoms with Gasteiger partial charge in [-0.2, -0.15) is 0 Å². The van der Waals surface area contributed by atoms with E-state index >= 15 is 0 Å². The van der Waals surface area contributed by atoms with Gasteiger partial charge < -0.3 is 10.2 Å². The van der Waals surface area contributed by atoms with Crippen LogP contribution in [0, 0.1) is 12.8 Å². The van der Waals surface area contributed by atoms with E-state index in [9.17, 15) is 13.2 Å². The highest BCUT2D eigenvalue weighted by Crippen LogP contribution is 2.25. The molecule has 3 rings (SSSR count). The van der Waals surface area contributed by atoms with Gasteiger partial charge in [0.1, 0.15) is 0 Å². The number of para-hydroxylation sites is 1. The predicted octanol–water partition coefficient (Wildman–Crippen LogP) is 3.67. The van der Waals surface area contributed by atoms with Crippen molar-refractivity contribution in [1.82, 2.24) is 10.2 Å². The van der Waals surface area contributed by atoms with Crippen LogP contribution in [0.1, 0.15) is 42.1 Å². The van der Waals surface area contributed by atoms with Crippen molar-refractivity contribution in [1.29, 1.82) is 0 Å². The van der Waals surface area contributed by atoms with E-state index in [1.807, 2.05) is 25.1 Å². The summed E-state index contributed by atoms with van der Waals surface area (Å²) in [5.74, 6) is 0.562. The minimum Gasteiger partial charge on any atom is -0.352 e. The van der Waals surface area contributed by atoms with Crippen LogP contribution in [0.25, 0.3) is 0 Å². The van der Waals surface area contributed by atoms with Gasteiger partial charge in [-0.05, 0) is 81.6 Å². The lowest BCUT2D eigenvalue weighted by Crippen LogP contribution is -2.35. The van der Waals surface area contributed by atoms with E-state index in [2.05, 4.69) is 17.1 Å². The topological polar surface area (TPSA) is 69.7 Å². The molecule has 2 aromatic carbocycles. The van der Waals surface area contributed by atoms with Crippen LogP contribution in [0.5, 0.6) is 0 Å². The number of anilines is 1. The minimum absolute atomic E-state index is 0.105. The van der Waals surface area contributed by atoms with Crippen LogP contribution in [0.2, 0.25) is 0 Å². The fourth-order valence-corrected chi connectivity index (χ4v) is 5.20. The van der Waals surface area contributed by atoms with Gasteiger partial charge >= 0.3 is 0 Å². The maximum Gasteiger partial charge on any atom is 0.264 e. The number of carbonyl (C=O) groups is 1. The summed E-state index contributed by atoms with van der Waals surface area (Å²) in [5, 5.41) is 2.92. The second kappa shape index (κ2) is 10.3. The summed E-state index contributed by atoms with van der Waals surface area (Å²) in [6, 6.07) is 13.6. The standard InChI is InChI=1S/C24H33N3O3S/c1-19-12-16-27(17-13-19)15-7-14-25-24(28)21-9-6-10-22(18-21)31(29,30)26(3)23-11-5-4-8-20(23)2/h4-6,8-11,18-19H,7,12-17H2,1-3H3,(H,25,28). The van der Waals surface area contributed by atoms with E-state index in [1.54, 1.807) is 18.2 Å². The molecule has 7 heteroatoms. The highest BCUT2D eigenvalue weighted by atomic mass is 32.2. The number of hydrogen-bond donors (Lipinski definition) is 1. The summed E-state index contributed by atoms with van der Waals surface area (Å²) in [5.41, 5.74) is 1.83. The molecule has 0 aliphatic carbocycles. The Bertz CT molecular complexity index is 999. The van der Waals surface area contributed by atoms with Crippen molar-refractivity contribution in [3.63, 3.8) is 0 Å². The number of amides is 1.